The smallest absolute Gasteiger partial charge is 0.224 e. The number of ether oxygens (including phenoxy) is 1. The lowest BCUT2D eigenvalue weighted by atomic mass is 9.78. The molecule has 1 spiro atoms. The number of carbonyl (C=O) groups excluding carboxylic acids is 2. The molecule has 1 saturated heterocycles. The Labute approximate surface area is 136 Å². The molecule has 0 unspecified atom stereocenters. The Kier molecular flexibility index (Phi) is 4.55. The van der Waals surface area contributed by atoms with Crippen LogP contribution in [0.5, 0.6) is 5.75 Å². The molecule has 23 heavy (non-hydrogen) atoms. The Balaban J connectivity index is 1.46. The van der Waals surface area contributed by atoms with E-state index in [1.807, 2.05) is 24.3 Å². The monoisotopic (exact) mass is 316 g/mol. The van der Waals surface area contributed by atoms with Crippen molar-refractivity contribution in [1.82, 2.24) is 10.6 Å². The standard InChI is InChI=1S/C18H24N2O3/c1-23-15-4-2-13(3-5-15)12-17(22)19-14-6-9-18(10-7-14)11-8-16(21)20-18/h2-5,14H,6-12H2,1H3,(H,19,22)(H,20,21). The van der Waals surface area contributed by atoms with E-state index in [-0.39, 0.29) is 23.4 Å². The normalized spacial score (nSPS) is 26.8. The van der Waals surface area contributed by atoms with Gasteiger partial charge in [-0.05, 0) is 49.8 Å². The maximum atomic E-state index is 12.2. The Morgan fingerprint density at radius 3 is 2.52 bits per heavy atom. The van der Waals surface area contributed by atoms with Crippen LogP contribution in [0.3, 0.4) is 0 Å². The molecule has 2 aliphatic rings. The van der Waals surface area contributed by atoms with Gasteiger partial charge in [0, 0.05) is 18.0 Å². The SMILES string of the molecule is COc1ccc(CC(=O)NC2CCC3(CCC(=O)N3)CC2)cc1. The molecule has 1 saturated carbocycles. The van der Waals surface area contributed by atoms with E-state index in [1.54, 1.807) is 7.11 Å². The molecule has 0 aromatic heterocycles. The summed E-state index contributed by atoms with van der Waals surface area (Å²) in [4.78, 5) is 23.6. The summed E-state index contributed by atoms with van der Waals surface area (Å²) < 4.78 is 5.12. The molecule has 1 aromatic carbocycles. The van der Waals surface area contributed by atoms with Gasteiger partial charge in [-0.2, -0.15) is 0 Å². The lowest BCUT2D eigenvalue weighted by Gasteiger charge is -2.37. The minimum absolute atomic E-state index is 0.00823. The van der Waals surface area contributed by atoms with Crippen molar-refractivity contribution in [2.24, 2.45) is 0 Å². The van der Waals surface area contributed by atoms with Crippen LogP contribution in [0.1, 0.15) is 44.1 Å². The van der Waals surface area contributed by atoms with E-state index in [0.717, 1.165) is 43.4 Å². The van der Waals surface area contributed by atoms with E-state index in [2.05, 4.69) is 10.6 Å². The van der Waals surface area contributed by atoms with Crippen molar-refractivity contribution < 1.29 is 14.3 Å². The summed E-state index contributed by atoms with van der Waals surface area (Å²) in [6.45, 7) is 0. The molecule has 5 heteroatoms. The molecule has 0 atom stereocenters. The van der Waals surface area contributed by atoms with Crippen LogP contribution < -0.4 is 15.4 Å². The maximum Gasteiger partial charge on any atom is 0.224 e. The second kappa shape index (κ2) is 6.60. The van der Waals surface area contributed by atoms with Crippen LogP contribution >= 0.6 is 0 Å². The molecule has 0 radical (unpaired) electrons. The quantitative estimate of drug-likeness (QED) is 0.892. The van der Waals surface area contributed by atoms with E-state index in [4.69, 9.17) is 4.74 Å². The van der Waals surface area contributed by atoms with E-state index in [0.29, 0.717) is 12.8 Å². The van der Waals surface area contributed by atoms with Gasteiger partial charge in [0.25, 0.3) is 0 Å². The van der Waals surface area contributed by atoms with E-state index in [1.165, 1.54) is 0 Å². The fraction of sp³-hybridized carbons (Fsp3) is 0.556. The van der Waals surface area contributed by atoms with Crippen molar-refractivity contribution in [3.8, 4) is 5.75 Å². The van der Waals surface area contributed by atoms with Gasteiger partial charge in [-0.25, -0.2) is 0 Å². The molecule has 0 bridgehead atoms. The minimum Gasteiger partial charge on any atom is -0.497 e. The van der Waals surface area contributed by atoms with Crippen molar-refractivity contribution in [1.29, 1.82) is 0 Å². The van der Waals surface area contributed by atoms with Crippen molar-refractivity contribution in [3.05, 3.63) is 29.8 Å². The number of carbonyl (C=O) groups is 2. The number of hydrogen-bond donors (Lipinski definition) is 2. The third kappa shape index (κ3) is 3.84. The van der Waals surface area contributed by atoms with Crippen LogP contribution in [0, 0.1) is 0 Å². The van der Waals surface area contributed by atoms with Gasteiger partial charge in [0.05, 0.1) is 13.5 Å². The van der Waals surface area contributed by atoms with Crippen LogP contribution in [0.2, 0.25) is 0 Å². The van der Waals surface area contributed by atoms with Crippen molar-refractivity contribution >= 4 is 11.8 Å². The fourth-order valence-corrected chi connectivity index (χ4v) is 3.67. The summed E-state index contributed by atoms with van der Waals surface area (Å²) in [5.41, 5.74) is 0.993. The van der Waals surface area contributed by atoms with Crippen LogP contribution in [0.25, 0.3) is 0 Å². The Morgan fingerprint density at radius 2 is 1.96 bits per heavy atom. The second-order valence-corrected chi connectivity index (χ2v) is 6.70. The zero-order chi connectivity index (χ0) is 16.3. The summed E-state index contributed by atoms with van der Waals surface area (Å²) in [5.74, 6) is 1.03. The molecule has 1 aromatic rings. The molecule has 2 fully saturated rings. The Bertz CT molecular complexity index is 574. The van der Waals surface area contributed by atoms with Crippen molar-refractivity contribution in [2.75, 3.05) is 7.11 Å². The zero-order valence-corrected chi connectivity index (χ0v) is 13.6. The number of rotatable bonds is 4. The summed E-state index contributed by atoms with van der Waals surface area (Å²) in [6.07, 6.45) is 5.79. The highest BCUT2D eigenvalue weighted by atomic mass is 16.5. The second-order valence-electron chi connectivity index (χ2n) is 6.70. The lowest BCUT2D eigenvalue weighted by molar-refractivity contribution is -0.122. The summed E-state index contributed by atoms with van der Waals surface area (Å²) in [7, 11) is 1.63. The predicted molar refractivity (Wildman–Crippen MR) is 87.2 cm³/mol. The third-order valence-electron chi connectivity index (χ3n) is 5.07. The topological polar surface area (TPSA) is 67.4 Å². The molecule has 5 nitrogen and oxygen atoms in total. The maximum absolute atomic E-state index is 12.2. The molecule has 1 heterocycles. The number of benzene rings is 1. The zero-order valence-electron chi connectivity index (χ0n) is 13.6. The highest BCUT2D eigenvalue weighted by Crippen LogP contribution is 2.35. The number of hydrogen-bond acceptors (Lipinski definition) is 3. The molecule has 1 aliphatic heterocycles. The highest BCUT2D eigenvalue weighted by molar-refractivity contribution is 5.80. The van der Waals surface area contributed by atoms with Crippen molar-refractivity contribution in [2.45, 2.75) is 56.5 Å². The number of methoxy groups -OCH3 is 1. The Morgan fingerprint density at radius 1 is 1.26 bits per heavy atom. The van der Waals surface area contributed by atoms with E-state index < -0.39 is 0 Å². The van der Waals surface area contributed by atoms with Gasteiger partial charge in [-0.3, -0.25) is 9.59 Å². The number of amides is 2. The molecule has 1 aliphatic carbocycles. The van der Waals surface area contributed by atoms with E-state index in [9.17, 15) is 9.59 Å². The van der Waals surface area contributed by atoms with E-state index >= 15 is 0 Å². The van der Waals surface area contributed by atoms with Crippen LogP contribution in [-0.2, 0) is 16.0 Å². The molecule has 2 N–H and O–H groups in total. The van der Waals surface area contributed by atoms with Crippen molar-refractivity contribution in [3.63, 3.8) is 0 Å². The first-order valence-electron chi connectivity index (χ1n) is 8.32. The fourth-order valence-electron chi connectivity index (χ4n) is 3.67. The molecule has 124 valence electrons. The van der Waals surface area contributed by atoms with Gasteiger partial charge in [-0.1, -0.05) is 12.1 Å². The van der Waals surface area contributed by atoms with Gasteiger partial charge in [-0.15, -0.1) is 0 Å². The van der Waals surface area contributed by atoms with Crippen LogP contribution in [0.15, 0.2) is 24.3 Å². The van der Waals surface area contributed by atoms with Gasteiger partial charge in [0.2, 0.25) is 11.8 Å². The highest BCUT2D eigenvalue weighted by Gasteiger charge is 2.40. The van der Waals surface area contributed by atoms with Gasteiger partial charge in [0.1, 0.15) is 5.75 Å². The van der Waals surface area contributed by atoms with Gasteiger partial charge in [0.15, 0.2) is 0 Å². The molecule has 2 amide bonds. The predicted octanol–water partition coefficient (Wildman–Crippen LogP) is 1.95. The minimum atomic E-state index is 0.00823. The summed E-state index contributed by atoms with van der Waals surface area (Å²) in [6, 6.07) is 7.81. The van der Waals surface area contributed by atoms with Crippen LogP contribution in [0.4, 0.5) is 0 Å². The van der Waals surface area contributed by atoms with Gasteiger partial charge < -0.3 is 15.4 Å². The average Bonchev–Trinajstić information content (AvgIpc) is 2.91. The van der Waals surface area contributed by atoms with Crippen LogP contribution in [-0.4, -0.2) is 30.5 Å². The average molecular weight is 316 g/mol. The number of nitrogens with one attached hydrogen (secondary N) is 2. The molecule has 3 rings (SSSR count). The Hall–Kier alpha value is -2.04. The first-order valence-corrected chi connectivity index (χ1v) is 8.32. The first-order chi connectivity index (χ1) is 11.1. The molecular formula is C18H24N2O3. The lowest BCUT2D eigenvalue weighted by Crippen LogP contribution is -2.49. The van der Waals surface area contributed by atoms with Gasteiger partial charge >= 0.3 is 0 Å². The molecular weight excluding hydrogens is 292 g/mol. The summed E-state index contributed by atoms with van der Waals surface area (Å²) >= 11 is 0. The summed E-state index contributed by atoms with van der Waals surface area (Å²) in [5, 5.41) is 6.26. The largest absolute Gasteiger partial charge is 0.497 e. The third-order valence-corrected chi connectivity index (χ3v) is 5.07. The first kappa shape index (κ1) is 15.8.